The Morgan fingerprint density at radius 2 is 1.73 bits per heavy atom. The molecule has 1 aliphatic rings. The lowest BCUT2D eigenvalue weighted by molar-refractivity contribution is -0.946. The monoisotopic (exact) mass is 158 g/mol. The van der Waals surface area contributed by atoms with Crippen LogP contribution in [-0.4, -0.2) is 43.4 Å². The van der Waals surface area contributed by atoms with Gasteiger partial charge in [-0.3, -0.25) is 0 Å². The lowest BCUT2D eigenvalue weighted by atomic mass is 10.1. The molecule has 0 bridgehead atoms. The van der Waals surface area contributed by atoms with Crippen LogP contribution in [0.3, 0.4) is 0 Å². The maximum atomic E-state index is 5.62. The number of morpholine rings is 1. The van der Waals surface area contributed by atoms with Gasteiger partial charge < -0.3 is 9.22 Å². The van der Waals surface area contributed by atoms with Gasteiger partial charge in [0.25, 0.3) is 0 Å². The molecule has 1 saturated heterocycles. The van der Waals surface area contributed by atoms with E-state index in [9.17, 15) is 0 Å². The van der Waals surface area contributed by atoms with Crippen LogP contribution < -0.4 is 0 Å². The number of quaternary nitrogens is 1. The molecule has 0 saturated carbocycles. The molecule has 0 radical (unpaired) electrons. The molecule has 0 aromatic carbocycles. The van der Waals surface area contributed by atoms with Crippen molar-refractivity contribution >= 4 is 0 Å². The van der Waals surface area contributed by atoms with Gasteiger partial charge in [0.1, 0.15) is 18.2 Å². The Hall–Kier alpha value is -0.0800. The van der Waals surface area contributed by atoms with Gasteiger partial charge in [-0.05, 0) is 20.8 Å². The third-order valence-electron chi connectivity index (χ3n) is 3.47. The SMILES string of the molecule is CC1OCC(C)[N+](C)(C)C1C. The van der Waals surface area contributed by atoms with Gasteiger partial charge in [0.05, 0.1) is 20.7 Å². The first kappa shape index (κ1) is 9.01. The van der Waals surface area contributed by atoms with E-state index in [0.29, 0.717) is 18.2 Å². The Bertz CT molecular complexity index is 144. The van der Waals surface area contributed by atoms with Crippen molar-refractivity contribution < 1.29 is 9.22 Å². The molecule has 1 aliphatic heterocycles. The van der Waals surface area contributed by atoms with Crippen molar-refractivity contribution in [3.63, 3.8) is 0 Å². The third-order valence-corrected chi connectivity index (χ3v) is 3.47. The normalized spacial score (nSPS) is 43.9. The van der Waals surface area contributed by atoms with Gasteiger partial charge in [-0.1, -0.05) is 0 Å². The van der Waals surface area contributed by atoms with Crippen LogP contribution >= 0.6 is 0 Å². The van der Waals surface area contributed by atoms with Crippen molar-refractivity contribution in [1.29, 1.82) is 0 Å². The lowest BCUT2D eigenvalue weighted by Gasteiger charge is -2.47. The summed E-state index contributed by atoms with van der Waals surface area (Å²) in [5, 5.41) is 0. The van der Waals surface area contributed by atoms with Gasteiger partial charge in [0, 0.05) is 0 Å². The molecule has 0 N–H and O–H groups in total. The minimum atomic E-state index is 0.404. The van der Waals surface area contributed by atoms with Crippen molar-refractivity contribution in [2.24, 2.45) is 0 Å². The summed E-state index contributed by atoms with van der Waals surface area (Å²) in [6, 6.07) is 1.24. The van der Waals surface area contributed by atoms with Crippen molar-refractivity contribution in [2.75, 3.05) is 20.7 Å². The number of ether oxygens (including phenoxy) is 1. The molecule has 0 aromatic heterocycles. The van der Waals surface area contributed by atoms with Gasteiger partial charge in [0.15, 0.2) is 0 Å². The fourth-order valence-electron chi connectivity index (χ4n) is 1.56. The molecular formula is C9H20NO+. The first-order valence-corrected chi connectivity index (χ1v) is 4.41. The standard InChI is InChI=1S/C9H20NO/c1-7-6-11-9(3)8(2)10(7,4)5/h7-9H,6H2,1-5H3/q+1. The van der Waals surface area contributed by atoms with E-state index in [4.69, 9.17) is 4.74 Å². The minimum absolute atomic E-state index is 0.404. The molecule has 11 heavy (non-hydrogen) atoms. The van der Waals surface area contributed by atoms with Crippen LogP contribution in [0.2, 0.25) is 0 Å². The summed E-state index contributed by atoms with van der Waals surface area (Å²) in [6.07, 6.45) is 0.404. The first-order chi connectivity index (χ1) is 4.96. The molecule has 3 unspecified atom stereocenters. The Morgan fingerprint density at radius 1 is 1.18 bits per heavy atom. The largest absolute Gasteiger partial charge is 0.366 e. The second kappa shape index (κ2) is 2.76. The predicted octanol–water partition coefficient (Wildman–Crippen LogP) is 1.26. The Balaban J connectivity index is 2.72. The highest BCUT2D eigenvalue weighted by atomic mass is 16.5. The number of rotatable bonds is 0. The second-order valence-corrected chi connectivity index (χ2v) is 4.26. The minimum Gasteiger partial charge on any atom is -0.366 e. The fourth-order valence-corrected chi connectivity index (χ4v) is 1.56. The molecule has 1 fully saturated rings. The van der Waals surface area contributed by atoms with Crippen LogP contribution in [0.25, 0.3) is 0 Å². The van der Waals surface area contributed by atoms with Gasteiger partial charge in [0.2, 0.25) is 0 Å². The molecule has 2 nitrogen and oxygen atoms in total. The van der Waals surface area contributed by atoms with Crippen molar-refractivity contribution in [2.45, 2.75) is 39.0 Å². The van der Waals surface area contributed by atoms with Crippen LogP contribution in [0.5, 0.6) is 0 Å². The van der Waals surface area contributed by atoms with E-state index in [1.165, 1.54) is 0 Å². The van der Waals surface area contributed by atoms with Crippen molar-refractivity contribution in [3.8, 4) is 0 Å². The maximum absolute atomic E-state index is 5.62. The summed E-state index contributed by atoms with van der Waals surface area (Å²) >= 11 is 0. The molecule has 0 aromatic rings. The average molecular weight is 158 g/mol. The molecule has 0 spiro atoms. The number of hydrogen-bond donors (Lipinski definition) is 0. The van der Waals surface area contributed by atoms with E-state index in [-0.39, 0.29) is 0 Å². The average Bonchev–Trinajstić information content (AvgIpc) is 1.95. The van der Waals surface area contributed by atoms with E-state index >= 15 is 0 Å². The zero-order chi connectivity index (χ0) is 8.65. The van der Waals surface area contributed by atoms with Crippen molar-refractivity contribution in [1.82, 2.24) is 0 Å². The van der Waals surface area contributed by atoms with Gasteiger partial charge in [-0.2, -0.15) is 0 Å². The van der Waals surface area contributed by atoms with E-state index in [1.807, 2.05) is 0 Å². The summed E-state index contributed by atoms with van der Waals surface area (Å²) in [7, 11) is 4.57. The highest BCUT2D eigenvalue weighted by molar-refractivity contribution is 4.69. The summed E-state index contributed by atoms with van der Waals surface area (Å²) in [4.78, 5) is 0. The Morgan fingerprint density at radius 3 is 2.18 bits per heavy atom. The van der Waals surface area contributed by atoms with E-state index in [2.05, 4.69) is 34.9 Å². The molecule has 3 atom stereocenters. The molecule has 66 valence electrons. The van der Waals surface area contributed by atoms with Crippen LogP contribution in [0.1, 0.15) is 20.8 Å². The number of likely N-dealkylation sites (N-methyl/N-ethyl adjacent to an activating group) is 1. The van der Waals surface area contributed by atoms with E-state index in [1.54, 1.807) is 0 Å². The fraction of sp³-hybridized carbons (Fsp3) is 1.00. The summed E-state index contributed by atoms with van der Waals surface area (Å²) in [5.74, 6) is 0. The quantitative estimate of drug-likeness (QED) is 0.482. The van der Waals surface area contributed by atoms with Gasteiger partial charge in [-0.15, -0.1) is 0 Å². The molecule has 1 rings (SSSR count). The maximum Gasteiger partial charge on any atom is 0.112 e. The van der Waals surface area contributed by atoms with Crippen LogP contribution in [-0.2, 0) is 4.74 Å². The van der Waals surface area contributed by atoms with E-state index < -0.39 is 0 Å². The van der Waals surface area contributed by atoms with Crippen LogP contribution in [0.15, 0.2) is 0 Å². The second-order valence-electron chi connectivity index (χ2n) is 4.26. The number of hydrogen-bond acceptors (Lipinski definition) is 1. The number of nitrogens with zero attached hydrogens (tertiary/aromatic N) is 1. The molecule has 0 amide bonds. The first-order valence-electron chi connectivity index (χ1n) is 4.41. The molecule has 2 heteroatoms. The van der Waals surface area contributed by atoms with Crippen LogP contribution in [0.4, 0.5) is 0 Å². The highest BCUT2D eigenvalue weighted by Gasteiger charge is 2.39. The van der Waals surface area contributed by atoms with Gasteiger partial charge in [-0.25, -0.2) is 0 Å². The molecule has 1 heterocycles. The summed E-state index contributed by atoms with van der Waals surface area (Å²) < 4.78 is 6.71. The predicted molar refractivity (Wildman–Crippen MR) is 46.4 cm³/mol. The summed E-state index contributed by atoms with van der Waals surface area (Å²) in [6.45, 7) is 7.58. The third kappa shape index (κ3) is 1.42. The molecule has 0 aliphatic carbocycles. The summed E-state index contributed by atoms with van der Waals surface area (Å²) in [5.41, 5.74) is 0. The lowest BCUT2D eigenvalue weighted by Crippen LogP contribution is -2.63. The topological polar surface area (TPSA) is 9.23 Å². The van der Waals surface area contributed by atoms with E-state index in [0.717, 1.165) is 11.1 Å². The van der Waals surface area contributed by atoms with Crippen LogP contribution in [0, 0.1) is 0 Å². The Kier molecular flexibility index (Phi) is 2.26. The molecular weight excluding hydrogens is 138 g/mol. The zero-order valence-electron chi connectivity index (χ0n) is 8.29. The smallest absolute Gasteiger partial charge is 0.112 e. The highest BCUT2D eigenvalue weighted by Crippen LogP contribution is 2.22. The van der Waals surface area contributed by atoms with Gasteiger partial charge >= 0.3 is 0 Å². The zero-order valence-corrected chi connectivity index (χ0v) is 8.29. The Labute approximate surface area is 69.7 Å². The van der Waals surface area contributed by atoms with Crippen molar-refractivity contribution in [3.05, 3.63) is 0 Å².